The number of nitrogens with zero attached hydrogens (tertiary/aromatic N) is 1. The molecular formula is C15H19N3O3. The van der Waals surface area contributed by atoms with Gasteiger partial charge in [-0.25, -0.2) is 0 Å². The highest BCUT2D eigenvalue weighted by atomic mass is 16.5. The summed E-state index contributed by atoms with van der Waals surface area (Å²) in [4.78, 5) is 26.5. The average molecular weight is 289 g/mol. The Hall–Kier alpha value is -2.21. The molecule has 0 aliphatic carbocycles. The SMILES string of the molecule is CC(C)c1ccccc1OCCC1=NC(=O)C(N)C(=O)N1. The van der Waals surface area contributed by atoms with Crippen molar-refractivity contribution < 1.29 is 14.3 Å². The van der Waals surface area contributed by atoms with Crippen molar-refractivity contribution >= 4 is 17.6 Å². The highest BCUT2D eigenvalue weighted by molar-refractivity contribution is 6.18. The van der Waals surface area contributed by atoms with Crippen molar-refractivity contribution in [2.24, 2.45) is 10.7 Å². The van der Waals surface area contributed by atoms with Gasteiger partial charge in [0, 0.05) is 6.42 Å². The third-order valence-electron chi connectivity index (χ3n) is 3.20. The van der Waals surface area contributed by atoms with Gasteiger partial charge < -0.3 is 15.8 Å². The maximum atomic E-state index is 11.4. The van der Waals surface area contributed by atoms with Gasteiger partial charge in [-0.2, -0.15) is 4.99 Å². The molecule has 1 unspecified atom stereocenters. The van der Waals surface area contributed by atoms with E-state index < -0.39 is 17.9 Å². The first-order chi connectivity index (χ1) is 9.99. The molecule has 0 bridgehead atoms. The van der Waals surface area contributed by atoms with Crippen LogP contribution in [0.3, 0.4) is 0 Å². The van der Waals surface area contributed by atoms with Crippen molar-refractivity contribution in [3.63, 3.8) is 0 Å². The number of amidine groups is 1. The van der Waals surface area contributed by atoms with Crippen LogP contribution in [0.5, 0.6) is 5.75 Å². The van der Waals surface area contributed by atoms with Gasteiger partial charge in [-0.15, -0.1) is 0 Å². The number of rotatable bonds is 5. The van der Waals surface area contributed by atoms with Gasteiger partial charge >= 0.3 is 0 Å². The van der Waals surface area contributed by atoms with Crippen molar-refractivity contribution in [2.75, 3.05) is 6.61 Å². The first kappa shape index (κ1) is 15.2. The summed E-state index contributed by atoms with van der Waals surface area (Å²) < 4.78 is 5.72. The van der Waals surface area contributed by atoms with E-state index in [0.29, 0.717) is 24.8 Å². The van der Waals surface area contributed by atoms with E-state index in [9.17, 15) is 9.59 Å². The van der Waals surface area contributed by atoms with Crippen molar-refractivity contribution in [3.05, 3.63) is 29.8 Å². The van der Waals surface area contributed by atoms with Crippen LogP contribution in [0, 0.1) is 0 Å². The van der Waals surface area contributed by atoms with Crippen molar-refractivity contribution in [3.8, 4) is 5.75 Å². The number of benzene rings is 1. The van der Waals surface area contributed by atoms with Crippen LogP contribution < -0.4 is 15.8 Å². The van der Waals surface area contributed by atoms with E-state index >= 15 is 0 Å². The third-order valence-corrected chi connectivity index (χ3v) is 3.20. The van der Waals surface area contributed by atoms with Crippen LogP contribution in [0.15, 0.2) is 29.3 Å². The number of amides is 2. The molecule has 2 rings (SSSR count). The van der Waals surface area contributed by atoms with Gasteiger partial charge in [0.25, 0.3) is 11.8 Å². The second-order valence-electron chi connectivity index (χ2n) is 5.15. The minimum atomic E-state index is -1.20. The Balaban J connectivity index is 1.95. The molecule has 3 N–H and O–H groups in total. The molecule has 0 saturated carbocycles. The molecule has 0 aromatic heterocycles. The lowest BCUT2D eigenvalue weighted by atomic mass is 10.0. The van der Waals surface area contributed by atoms with Gasteiger partial charge in [0.1, 0.15) is 11.6 Å². The molecule has 1 heterocycles. The highest BCUT2D eigenvalue weighted by Gasteiger charge is 2.27. The smallest absolute Gasteiger partial charge is 0.273 e. The monoisotopic (exact) mass is 289 g/mol. The van der Waals surface area contributed by atoms with Gasteiger partial charge in [0.15, 0.2) is 6.04 Å². The fourth-order valence-corrected chi connectivity index (χ4v) is 2.03. The topological polar surface area (TPSA) is 93.8 Å². The summed E-state index contributed by atoms with van der Waals surface area (Å²) in [6.07, 6.45) is 0.344. The summed E-state index contributed by atoms with van der Waals surface area (Å²) >= 11 is 0. The van der Waals surface area contributed by atoms with Crippen LogP contribution >= 0.6 is 0 Å². The molecule has 0 fully saturated rings. The predicted octanol–water partition coefficient (Wildman–Crippen LogP) is 0.961. The zero-order chi connectivity index (χ0) is 15.4. The standard InChI is InChI=1S/C15H19N3O3/c1-9(2)10-5-3-4-6-11(10)21-8-7-12-17-14(19)13(16)15(20)18-12/h3-6,9,13H,7-8,16H2,1-2H3,(H,17,18,19,20). The average Bonchev–Trinajstić information content (AvgIpc) is 2.45. The first-order valence-corrected chi connectivity index (χ1v) is 6.88. The van der Waals surface area contributed by atoms with Crippen molar-refractivity contribution in [1.82, 2.24) is 5.32 Å². The van der Waals surface area contributed by atoms with E-state index in [-0.39, 0.29) is 0 Å². The molecule has 1 aromatic rings. The minimum absolute atomic E-state index is 0.300. The van der Waals surface area contributed by atoms with E-state index in [1.807, 2.05) is 24.3 Å². The van der Waals surface area contributed by atoms with Crippen LogP contribution in [0.2, 0.25) is 0 Å². The summed E-state index contributed by atoms with van der Waals surface area (Å²) in [5, 5.41) is 2.51. The molecule has 0 spiro atoms. The van der Waals surface area contributed by atoms with Crippen LogP contribution in [0.4, 0.5) is 0 Å². The zero-order valence-electron chi connectivity index (χ0n) is 12.1. The molecule has 112 valence electrons. The lowest BCUT2D eigenvalue weighted by Crippen LogP contribution is -2.52. The number of nitrogens with two attached hydrogens (primary N) is 1. The molecule has 6 nitrogen and oxygen atoms in total. The summed E-state index contributed by atoms with van der Waals surface area (Å²) in [5.41, 5.74) is 6.47. The lowest BCUT2D eigenvalue weighted by Gasteiger charge is -2.18. The van der Waals surface area contributed by atoms with Gasteiger partial charge in [-0.3, -0.25) is 9.59 Å². The fraction of sp³-hybridized carbons (Fsp3) is 0.400. The summed E-state index contributed by atoms with van der Waals surface area (Å²) in [5.74, 6) is 0.323. The van der Waals surface area contributed by atoms with Crippen LogP contribution in [-0.4, -0.2) is 30.3 Å². The minimum Gasteiger partial charge on any atom is -0.493 e. The Bertz CT molecular complexity index is 581. The Morgan fingerprint density at radius 2 is 2.05 bits per heavy atom. The zero-order valence-corrected chi connectivity index (χ0v) is 12.1. The molecule has 1 aromatic carbocycles. The van der Waals surface area contributed by atoms with Gasteiger partial charge in [0.05, 0.1) is 6.61 Å². The fourth-order valence-electron chi connectivity index (χ4n) is 2.03. The van der Waals surface area contributed by atoms with Crippen LogP contribution in [0.25, 0.3) is 0 Å². The van der Waals surface area contributed by atoms with Crippen LogP contribution in [-0.2, 0) is 9.59 Å². The summed E-state index contributed by atoms with van der Waals surface area (Å²) in [6.45, 7) is 4.51. The van der Waals surface area contributed by atoms with E-state index in [0.717, 1.165) is 11.3 Å². The van der Waals surface area contributed by atoms with Crippen molar-refractivity contribution in [1.29, 1.82) is 0 Å². The largest absolute Gasteiger partial charge is 0.493 e. The van der Waals surface area contributed by atoms with Crippen molar-refractivity contribution in [2.45, 2.75) is 32.2 Å². The molecular weight excluding hydrogens is 270 g/mol. The summed E-state index contributed by atoms with van der Waals surface area (Å²) in [7, 11) is 0. The number of hydrogen-bond acceptors (Lipinski definition) is 4. The Kier molecular flexibility index (Phi) is 4.70. The number of carbonyl (C=O) groups excluding carboxylic acids is 2. The molecule has 1 atom stereocenters. The van der Waals surface area contributed by atoms with Gasteiger partial charge in [-0.1, -0.05) is 32.0 Å². The second kappa shape index (κ2) is 6.49. The maximum Gasteiger partial charge on any atom is 0.273 e. The molecule has 2 amide bonds. The van der Waals surface area contributed by atoms with Gasteiger partial charge in [0.2, 0.25) is 0 Å². The summed E-state index contributed by atoms with van der Waals surface area (Å²) in [6, 6.07) is 6.59. The number of carbonyl (C=O) groups is 2. The number of aliphatic imine (C=N–C) groups is 1. The van der Waals surface area contributed by atoms with E-state index in [2.05, 4.69) is 24.2 Å². The van der Waals surface area contributed by atoms with E-state index in [4.69, 9.17) is 10.5 Å². The molecule has 6 heteroatoms. The molecule has 0 radical (unpaired) electrons. The number of ether oxygens (including phenoxy) is 1. The Morgan fingerprint density at radius 1 is 1.33 bits per heavy atom. The predicted molar refractivity (Wildman–Crippen MR) is 79.2 cm³/mol. The highest BCUT2D eigenvalue weighted by Crippen LogP contribution is 2.25. The van der Waals surface area contributed by atoms with Crippen LogP contribution in [0.1, 0.15) is 31.7 Å². The Morgan fingerprint density at radius 3 is 2.71 bits per heavy atom. The molecule has 0 saturated heterocycles. The maximum absolute atomic E-state index is 11.4. The Labute approximate surface area is 123 Å². The third kappa shape index (κ3) is 3.66. The second-order valence-corrected chi connectivity index (χ2v) is 5.15. The number of para-hydroxylation sites is 1. The number of hydrogen-bond donors (Lipinski definition) is 2. The molecule has 21 heavy (non-hydrogen) atoms. The number of nitrogens with one attached hydrogen (secondary N) is 1. The van der Waals surface area contributed by atoms with E-state index in [1.165, 1.54) is 0 Å². The quantitative estimate of drug-likeness (QED) is 0.789. The van der Waals surface area contributed by atoms with Gasteiger partial charge in [-0.05, 0) is 17.5 Å². The molecule has 1 aliphatic heterocycles. The van der Waals surface area contributed by atoms with E-state index in [1.54, 1.807) is 0 Å². The normalized spacial score (nSPS) is 18.5. The lowest BCUT2D eigenvalue weighted by molar-refractivity contribution is -0.129. The first-order valence-electron chi connectivity index (χ1n) is 6.88. The molecule has 1 aliphatic rings.